The van der Waals surface area contributed by atoms with Crippen LogP contribution in [0.3, 0.4) is 0 Å². The summed E-state index contributed by atoms with van der Waals surface area (Å²) in [5.74, 6) is 0.205. The zero-order valence-corrected chi connectivity index (χ0v) is 31.3. The molecule has 2 unspecified atom stereocenters. The molecule has 0 saturated heterocycles. The van der Waals surface area contributed by atoms with E-state index in [9.17, 15) is 0 Å². The number of allylic oxidation sites excluding steroid dienone is 2. The highest BCUT2D eigenvalue weighted by molar-refractivity contribution is 6.10. The Kier molecular flexibility index (Phi) is 7.18. The van der Waals surface area contributed by atoms with Gasteiger partial charge in [0.15, 0.2) is 5.58 Å². The highest BCUT2D eigenvalue weighted by atomic mass is 16.3. The lowest BCUT2D eigenvalue weighted by Crippen LogP contribution is -2.28. The van der Waals surface area contributed by atoms with Gasteiger partial charge in [0.1, 0.15) is 5.42 Å². The minimum Gasteiger partial charge on any atom is -0.454 e. The van der Waals surface area contributed by atoms with Crippen LogP contribution in [0.1, 0.15) is 24.3 Å². The van der Waals surface area contributed by atoms with Gasteiger partial charge < -0.3 is 13.9 Å². The van der Waals surface area contributed by atoms with Crippen molar-refractivity contribution in [2.45, 2.75) is 24.8 Å². The van der Waals surface area contributed by atoms with Crippen molar-refractivity contribution in [3.63, 3.8) is 0 Å². The molecule has 0 saturated carbocycles. The van der Waals surface area contributed by atoms with E-state index in [4.69, 9.17) is 4.42 Å². The minimum atomic E-state index is 0.121. The topological polar surface area (TPSA) is 21.3 Å². The third-order valence-electron chi connectivity index (χ3n) is 12.3. The molecule has 2 aromatic heterocycles. The van der Waals surface area contributed by atoms with Crippen LogP contribution in [0.25, 0.3) is 84.0 Å². The van der Waals surface area contributed by atoms with E-state index in [2.05, 4.69) is 204 Å². The Morgan fingerprint density at radius 3 is 2.05 bits per heavy atom. The average Bonchev–Trinajstić information content (AvgIpc) is 3.94. The lowest BCUT2D eigenvalue weighted by molar-refractivity contribution is 0.570. The van der Waals surface area contributed by atoms with Crippen LogP contribution in [-0.4, -0.2) is 10.6 Å². The van der Waals surface area contributed by atoms with Crippen LogP contribution in [-0.2, 0) is 0 Å². The van der Waals surface area contributed by atoms with Gasteiger partial charge in [-0.2, -0.15) is 0 Å². The van der Waals surface area contributed by atoms with E-state index in [1.54, 1.807) is 0 Å². The van der Waals surface area contributed by atoms with Gasteiger partial charge in [-0.05, 0) is 119 Å². The Hall–Kier alpha value is -7.10. The summed E-state index contributed by atoms with van der Waals surface area (Å²) < 4.78 is 9.23. The molecule has 0 spiro atoms. The lowest BCUT2D eigenvalue weighted by Gasteiger charge is -2.29. The number of hydrogen-bond donors (Lipinski definition) is 0. The van der Waals surface area contributed by atoms with Gasteiger partial charge in [0.2, 0.25) is 0 Å². The van der Waals surface area contributed by atoms with Crippen LogP contribution in [0, 0.1) is 0 Å². The van der Waals surface area contributed by atoms with Crippen LogP contribution < -0.4 is 15.5 Å². The summed E-state index contributed by atoms with van der Waals surface area (Å²) in [6.07, 6.45) is 15.8. The van der Waals surface area contributed by atoms with Gasteiger partial charge in [0, 0.05) is 38.7 Å². The first-order chi connectivity index (χ1) is 28.3. The van der Waals surface area contributed by atoms with E-state index < -0.39 is 0 Å². The highest BCUT2D eigenvalue weighted by Crippen LogP contribution is 2.51. The number of rotatable bonds is 5. The fraction of sp³-hybridized carbons (Fsp3) is 0.0741. The van der Waals surface area contributed by atoms with Gasteiger partial charge in [-0.1, -0.05) is 127 Å². The summed E-state index contributed by atoms with van der Waals surface area (Å²) >= 11 is 0. The molecule has 3 heterocycles. The normalized spacial score (nSPS) is 16.7. The number of benzene rings is 7. The largest absolute Gasteiger partial charge is 0.454 e. The quantitative estimate of drug-likeness (QED) is 0.176. The Bertz CT molecular complexity index is 3250. The third kappa shape index (κ3) is 5.05. The van der Waals surface area contributed by atoms with E-state index in [0.717, 1.165) is 29.5 Å². The third-order valence-corrected chi connectivity index (χ3v) is 12.3. The number of fused-ring (bicyclic) bond motifs is 9. The van der Waals surface area contributed by atoms with Crippen molar-refractivity contribution in [2.75, 3.05) is 4.90 Å². The van der Waals surface area contributed by atoms with Crippen molar-refractivity contribution in [1.29, 1.82) is 0 Å². The van der Waals surface area contributed by atoms with Gasteiger partial charge >= 0.3 is 0 Å². The maximum Gasteiger partial charge on any atom is 0.159 e. The van der Waals surface area contributed by atoms with E-state index in [1.165, 1.54) is 82.7 Å². The molecular formula is C54H38N2O. The number of nitrogens with zero attached hydrogens (tertiary/aromatic N) is 2. The molecule has 1 aliphatic heterocycles. The molecule has 3 aliphatic rings. The van der Waals surface area contributed by atoms with Gasteiger partial charge in [0.25, 0.3) is 0 Å². The molecule has 3 heteroatoms. The first-order valence-corrected chi connectivity index (χ1v) is 20.1. The van der Waals surface area contributed by atoms with Crippen LogP contribution in [0.5, 0.6) is 0 Å². The molecule has 57 heavy (non-hydrogen) atoms. The van der Waals surface area contributed by atoms with Crippen molar-refractivity contribution < 1.29 is 4.42 Å². The zero-order chi connectivity index (χ0) is 37.5. The first kappa shape index (κ1) is 32.2. The second-order valence-electron chi connectivity index (χ2n) is 15.5. The minimum absolute atomic E-state index is 0.121. The summed E-state index contributed by atoms with van der Waals surface area (Å²) in [7, 11) is 0. The first-order valence-electron chi connectivity index (χ1n) is 20.1. The van der Waals surface area contributed by atoms with Crippen molar-refractivity contribution in [3.05, 3.63) is 198 Å². The van der Waals surface area contributed by atoms with Gasteiger partial charge in [-0.3, -0.25) is 0 Å². The number of hydrogen-bond acceptors (Lipinski definition) is 2. The summed E-state index contributed by atoms with van der Waals surface area (Å²) in [6.45, 7) is 0. The number of aromatic nitrogens is 1. The van der Waals surface area contributed by atoms with Gasteiger partial charge in [0.05, 0.1) is 22.8 Å². The second-order valence-corrected chi connectivity index (χ2v) is 15.5. The van der Waals surface area contributed by atoms with Crippen molar-refractivity contribution in [3.8, 4) is 39.1 Å². The Morgan fingerprint density at radius 1 is 0.474 bits per heavy atom. The van der Waals surface area contributed by atoms with Gasteiger partial charge in [-0.25, -0.2) is 0 Å². The highest BCUT2D eigenvalue weighted by Gasteiger charge is 2.39. The molecule has 7 aromatic carbocycles. The molecule has 270 valence electrons. The van der Waals surface area contributed by atoms with Gasteiger partial charge in [-0.15, -0.1) is 0 Å². The van der Waals surface area contributed by atoms with Crippen LogP contribution in [0.4, 0.5) is 11.4 Å². The molecule has 0 amide bonds. The van der Waals surface area contributed by atoms with E-state index >= 15 is 0 Å². The van der Waals surface area contributed by atoms with Crippen molar-refractivity contribution in [1.82, 2.24) is 4.57 Å². The van der Waals surface area contributed by atoms with E-state index in [0.29, 0.717) is 0 Å². The molecule has 0 bridgehead atoms. The van der Waals surface area contributed by atoms with Crippen LogP contribution in [0.15, 0.2) is 186 Å². The average molecular weight is 731 g/mol. The van der Waals surface area contributed by atoms with E-state index in [1.807, 2.05) is 0 Å². The molecule has 3 nitrogen and oxygen atoms in total. The Morgan fingerprint density at radius 2 is 1.16 bits per heavy atom. The number of furan rings is 1. The second kappa shape index (κ2) is 12.7. The smallest absolute Gasteiger partial charge is 0.159 e. The SMILES string of the molecule is C1=CC2c3cc(-c4ccc5c(c4)c4ccccc4n5-c4ccccc4)ccc3N(c3cc(-c4cccc(-c5ccccc5)c4)cc4c5c(oc34)=CCCC=5)C2C=C1. The predicted octanol–water partition coefficient (Wildman–Crippen LogP) is 12.6. The standard InChI is InChI=1S/C54H38N2O/c1-3-14-35(15-4-1)36-16-13-17-37(30-36)40-33-47-44-22-9-12-25-53(44)57-54(47)52(34-40)56-49-24-11-8-21-43(49)46-32-39(27-29-51(46)56)38-26-28-50-45(31-38)42-20-7-10-23-48(42)55(50)41-18-5-2-6-19-41/h1-8,10-11,13-34,43,49H,9,12H2. The van der Waals surface area contributed by atoms with E-state index in [-0.39, 0.29) is 12.0 Å². The molecule has 0 N–H and O–H groups in total. The number of para-hydroxylation sites is 2. The maximum absolute atomic E-state index is 6.84. The fourth-order valence-electron chi connectivity index (χ4n) is 9.69. The summed E-state index contributed by atoms with van der Waals surface area (Å²) in [6, 6.07) is 58.0. The van der Waals surface area contributed by atoms with Crippen LogP contribution in [0.2, 0.25) is 0 Å². The Balaban J connectivity index is 1.02. The van der Waals surface area contributed by atoms with Crippen molar-refractivity contribution >= 4 is 56.3 Å². The zero-order valence-electron chi connectivity index (χ0n) is 31.3. The maximum atomic E-state index is 6.84. The molecule has 2 aliphatic carbocycles. The molecule has 0 fully saturated rings. The molecule has 0 radical (unpaired) electrons. The number of anilines is 2. The summed E-state index contributed by atoms with van der Waals surface area (Å²) in [5.41, 5.74) is 16.5. The molecule has 2 atom stereocenters. The molecular weight excluding hydrogens is 693 g/mol. The monoisotopic (exact) mass is 730 g/mol. The van der Waals surface area contributed by atoms with Crippen molar-refractivity contribution in [2.24, 2.45) is 0 Å². The van der Waals surface area contributed by atoms with Crippen LogP contribution >= 0.6 is 0 Å². The summed E-state index contributed by atoms with van der Waals surface area (Å²) in [4.78, 5) is 2.54. The fourth-order valence-corrected chi connectivity index (χ4v) is 9.69. The lowest BCUT2D eigenvalue weighted by atomic mass is 9.89. The Labute approximate surface area is 331 Å². The molecule has 9 aromatic rings. The molecule has 12 rings (SSSR count). The summed E-state index contributed by atoms with van der Waals surface area (Å²) in [5, 5.41) is 4.92. The predicted molar refractivity (Wildman–Crippen MR) is 238 cm³/mol.